The highest BCUT2D eigenvalue weighted by Gasteiger charge is 2.46. The molecule has 6 nitrogen and oxygen atoms in total. The fraction of sp³-hybridized carbons (Fsp3) is 0.545. The van der Waals surface area contributed by atoms with E-state index in [1.807, 2.05) is 0 Å². The molecule has 0 amide bonds. The smallest absolute Gasteiger partial charge is 0.329 e. The minimum atomic E-state index is -0.859. The third kappa shape index (κ3) is 2.04. The number of ether oxygens (including phenoxy) is 1. The Balaban J connectivity index is 2.76. The van der Waals surface area contributed by atoms with E-state index in [-0.39, 0.29) is 23.3 Å². The van der Waals surface area contributed by atoms with Crippen molar-refractivity contribution in [2.75, 3.05) is 13.7 Å². The van der Waals surface area contributed by atoms with Crippen LogP contribution < -0.4 is 5.56 Å². The lowest BCUT2D eigenvalue weighted by Gasteiger charge is -2.21. The van der Waals surface area contributed by atoms with E-state index >= 15 is 0 Å². The Morgan fingerprint density at radius 1 is 1.58 bits per heavy atom. The maximum absolute atomic E-state index is 12.1. The van der Waals surface area contributed by atoms with Gasteiger partial charge in [0.1, 0.15) is 6.04 Å². The molecule has 0 saturated carbocycles. The summed E-state index contributed by atoms with van der Waals surface area (Å²) < 4.78 is 5.84. The van der Waals surface area contributed by atoms with Crippen LogP contribution in [-0.2, 0) is 14.9 Å². The molecule has 1 N–H and O–H groups in total. The summed E-state index contributed by atoms with van der Waals surface area (Å²) in [7, 11) is 1.23. The second kappa shape index (κ2) is 4.77. The number of hydrogen-bond donors (Lipinski definition) is 1. The number of carbonyl (C=O) groups excluding carboxylic acids is 1. The zero-order valence-electron chi connectivity index (χ0n) is 10.3. The molecule has 1 aliphatic rings. The van der Waals surface area contributed by atoms with Crippen molar-refractivity contribution < 1.29 is 14.6 Å². The van der Waals surface area contributed by atoms with E-state index in [0.717, 1.165) is 0 Å². The van der Waals surface area contributed by atoms with Gasteiger partial charge in [-0.15, -0.1) is 0 Å². The molecule has 0 aliphatic carbocycles. The molecule has 1 aromatic rings. The van der Waals surface area contributed by atoms with Crippen molar-refractivity contribution in [2.24, 2.45) is 0 Å². The molecule has 0 unspecified atom stereocenters. The largest absolute Gasteiger partial charge is 0.467 e. The lowest BCUT2D eigenvalue weighted by molar-refractivity contribution is -0.144. The van der Waals surface area contributed by atoms with Gasteiger partial charge in [0.25, 0.3) is 5.56 Å². The van der Waals surface area contributed by atoms with E-state index in [9.17, 15) is 14.7 Å². The van der Waals surface area contributed by atoms with Gasteiger partial charge in [-0.05, 0) is 6.42 Å². The summed E-state index contributed by atoms with van der Waals surface area (Å²) in [4.78, 5) is 27.6. The number of nitrogens with zero attached hydrogens (tertiary/aromatic N) is 2. The number of fused-ring (bicyclic) bond motifs is 1. The van der Waals surface area contributed by atoms with Crippen LogP contribution in [-0.4, -0.2) is 34.3 Å². The van der Waals surface area contributed by atoms with Crippen molar-refractivity contribution in [2.45, 2.75) is 24.8 Å². The van der Waals surface area contributed by atoms with E-state index in [1.54, 1.807) is 6.92 Å². The summed E-state index contributed by atoms with van der Waals surface area (Å²) in [5, 5.41) is 9.23. The quantitative estimate of drug-likeness (QED) is 0.822. The third-order valence-corrected chi connectivity index (χ3v) is 3.89. The van der Waals surface area contributed by atoms with Crippen molar-refractivity contribution in [3.8, 4) is 0 Å². The maximum atomic E-state index is 12.1. The molecule has 0 saturated heterocycles. The molecule has 0 fully saturated rings. The van der Waals surface area contributed by atoms with Gasteiger partial charge in [0.05, 0.1) is 19.4 Å². The highest BCUT2D eigenvalue weighted by atomic mass is 35.5. The molecular formula is C11H12Cl2N2O4. The molecule has 1 aliphatic heterocycles. The molecule has 8 heteroatoms. The summed E-state index contributed by atoms with van der Waals surface area (Å²) in [6.45, 7) is 1.42. The predicted octanol–water partition coefficient (Wildman–Crippen LogP) is 0.918. The fourth-order valence-corrected chi connectivity index (χ4v) is 3.03. The van der Waals surface area contributed by atoms with Crippen molar-refractivity contribution in [1.82, 2.24) is 9.55 Å². The van der Waals surface area contributed by atoms with Crippen LogP contribution in [0.1, 0.15) is 25.1 Å². The first-order valence-corrected chi connectivity index (χ1v) is 6.28. The normalized spacial score (nSPS) is 25.2. The van der Waals surface area contributed by atoms with Crippen LogP contribution in [0, 0.1) is 0 Å². The SMILES string of the molecule is COC(=O)[C@@H]1C[C@@](C)(CO)c2c(Cl)nc(Cl)c(=O)n21. The van der Waals surface area contributed by atoms with Crippen LogP contribution in [0.15, 0.2) is 4.79 Å². The lowest BCUT2D eigenvalue weighted by Crippen LogP contribution is -2.30. The van der Waals surface area contributed by atoms with Gasteiger partial charge in [-0.25, -0.2) is 9.78 Å². The molecule has 2 heterocycles. The Bertz CT molecular complexity index is 601. The van der Waals surface area contributed by atoms with E-state index < -0.39 is 23.0 Å². The summed E-state index contributed by atoms with van der Waals surface area (Å²) in [6, 6.07) is -0.859. The number of halogens is 2. The number of aliphatic hydroxyl groups excluding tert-OH is 1. The van der Waals surface area contributed by atoms with Crippen LogP contribution in [0.4, 0.5) is 0 Å². The van der Waals surface area contributed by atoms with Gasteiger partial charge in [0, 0.05) is 5.41 Å². The third-order valence-electron chi connectivity index (χ3n) is 3.38. The summed E-state index contributed by atoms with van der Waals surface area (Å²) in [6.07, 6.45) is 0.202. The number of esters is 1. The summed E-state index contributed by atoms with van der Waals surface area (Å²) in [5.74, 6) is -0.584. The standard InChI is InChI=1S/C11H12Cl2N2O4/c1-11(4-16)3-5(10(18)19-2)15-6(11)7(12)14-8(13)9(15)17/h5,16H,3-4H2,1-2H3/t5-,11-/m0/s1. The van der Waals surface area contributed by atoms with E-state index in [2.05, 4.69) is 9.72 Å². The zero-order chi connectivity index (χ0) is 14.4. The first-order chi connectivity index (χ1) is 8.85. The molecular weight excluding hydrogens is 295 g/mol. The summed E-state index contributed by atoms with van der Waals surface area (Å²) in [5.41, 5.74) is -1.15. The molecule has 0 bridgehead atoms. The second-order valence-corrected chi connectivity index (χ2v) is 5.40. The lowest BCUT2D eigenvalue weighted by atomic mass is 9.85. The maximum Gasteiger partial charge on any atom is 0.329 e. The Labute approximate surface area is 118 Å². The van der Waals surface area contributed by atoms with E-state index in [1.165, 1.54) is 11.7 Å². The number of aromatic nitrogens is 2. The van der Waals surface area contributed by atoms with Crippen LogP contribution in [0.3, 0.4) is 0 Å². The molecule has 2 rings (SSSR count). The number of aliphatic hydroxyl groups is 1. The molecule has 104 valence electrons. The van der Waals surface area contributed by atoms with Gasteiger partial charge < -0.3 is 9.84 Å². The average molecular weight is 307 g/mol. The van der Waals surface area contributed by atoms with Crippen LogP contribution in [0.5, 0.6) is 0 Å². The first-order valence-electron chi connectivity index (χ1n) is 5.52. The van der Waals surface area contributed by atoms with Crippen molar-refractivity contribution in [3.05, 3.63) is 26.4 Å². The number of rotatable bonds is 2. The van der Waals surface area contributed by atoms with Gasteiger partial charge in [0.2, 0.25) is 0 Å². The van der Waals surface area contributed by atoms with Gasteiger partial charge in [-0.3, -0.25) is 9.36 Å². The molecule has 0 radical (unpaired) electrons. The second-order valence-electron chi connectivity index (χ2n) is 4.68. The molecule has 2 atom stereocenters. The van der Waals surface area contributed by atoms with E-state index in [4.69, 9.17) is 23.2 Å². The van der Waals surface area contributed by atoms with Crippen LogP contribution >= 0.6 is 23.2 Å². The minimum absolute atomic E-state index is 0.00699. The monoisotopic (exact) mass is 306 g/mol. The highest BCUT2D eigenvalue weighted by Crippen LogP contribution is 2.43. The molecule has 19 heavy (non-hydrogen) atoms. The summed E-state index contributed by atoms with van der Waals surface area (Å²) >= 11 is 11.7. The Morgan fingerprint density at radius 3 is 2.74 bits per heavy atom. The van der Waals surface area contributed by atoms with Crippen molar-refractivity contribution in [3.63, 3.8) is 0 Å². The van der Waals surface area contributed by atoms with Crippen molar-refractivity contribution in [1.29, 1.82) is 0 Å². The average Bonchev–Trinajstić information content (AvgIpc) is 2.70. The molecule has 0 spiro atoms. The van der Waals surface area contributed by atoms with Gasteiger partial charge in [-0.2, -0.15) is 0 Å². The first kappa shape index (κ1) is 14.3. The van der Waals surface area contributed by atoms with Crippen molar-refractivity contribution >= 4 is 29.2 Å². The number of carbonyl (C=O) groups is 1. The molecule has 1 aromatic heterocycles. The number of hydrogen-bond acceptors (Lipinski definition) is 5. The zero-order valence-corrected chi connectivity index (χ0v) is 11.8. The molecule has 0 aromatic carbocycles. The van der Waals surface area contributed by atoms with Crippen LogP contribution in [0.25, 0.3) is 0 Å². The fourth-order valence-electron chi connectivity index (χ4n) is 2.40. The van der Waals surface area contributed by atoms with Gasteiger partial charge in [-0.1, -0.05) is 30.1 Å². The van der Waals surface area contributed by atoms with E-state index in [0.29, 0.717) is 5.69 Å². The van der Waals surface area contributed by atoms with Crippen LogP contribution in [0.2, 0.25) is 10.3 Å². The minimum Gasteiger partial charge on any atom is -0.467 e. The Hall–Kier alpha value is -1.11. The Kier molecular flexibility index (Phi) is 3.59. The predicted molar refractivity (Wildman–Crippen MR) is 68.6 cm³/mol. The highest BCUT2D eigenvalue weighted by molar-refractivity contribution is 6.32. The van der Waals surface area contributed by atoms with Gasteiger partial charge in [0.15, 0.2) is 10.3 Å². The topological polar surface area (TPSA) is 81.4 Å². The van der Waals surface area contributed by atoms with Gasteiger partial charge >= 0.3 is 5.97 Å². The Morgan fingerprint density at radius 2 is 2.21 bits per heavy atom. The number of methoxy groups -OCH3 is 1.